The van der Waals surface area contributed by atoms with Crippen LogP contribution in [-0.2, 0) is 0 Å². The standard InChI is InChI=1S/C12H11NO2.ClH/c13-10-6-9(14)7-11(15)12(10)8-4-2-1-3-5-8;/h1-7,14-15H,13H2;1H. The Labute approximate surface area is 99.6 Å². The lowest BCUT2D eigenvalue weighted by Crippen LogP contribution is -1.90. The molecule has 0 unspecified atom stereocenters. The zero-order valence-corrected chi connectivity index (χ0v) is 9.24. The Kier molecular flexibility index (Phi) is 3.64. The molecule has 0 radical (unpaired) electrons. The molecule has 0 saturated carbocycles. The number of benzene rings is 2. The first-order chi connectivity index (χ1) is 7.18. The first-order valence-corrected chi connectivity index (χ1v) is 4.55. The summed E-state index contributed by atoms with van der Waals surface area (Å²) in [6.07, 6.45) is 0. The van der Waals surface area contributed by atoms with Gasteiger partial charge in [-0.2, -0.15) is 0 Å². The number of hydrogen-bond donors (Lipinski definition) is 3. The van der Waals surface area contributed by atoms with Gasteiger partial charge in [-0.05, 0) is 5.56 Å². The SMILES string of the molecule is Cl.Nc1cc(O)cc(O)c1-c1ccccc1. The first-order valence-electron chi connectivity index (χ1n) is 4.55. The predicted octanol–water partition coefficient (Wildman–Crippen LogP) is 2.77. The van der Waals surface area contributed by atoms with E-state index in [1.54, 1.807) is 0 Å². The minimum absolute atomic E-state index is 0. The average Bonchev–Trinajstić information content (AvgIpc) is 2.17. The molecule has 4 heteroatoms. The molecule has 0 bridgehead atoms. The highest BCUT2D eigenvalue weighted by atomic mass is 35.5. The lowest BCUT2D eigenvalue weighted by molar-refractivity contribution is 0.452. The van der Waals surface area contributed by atoms with Gasteiger partial charge >= 0.3 is 0 Å². The Morgan fingerprint density at radius 1 is 0.938 bits per heavy atom. The third-order valence-electron chi connectivity index (χ3n) is 2.20. The fraction of sp³-hybridized carbons (Fsp3) is 0. The summed E-state index contributed by atoms with van der Waals surface area (Å²) in [6.45, 7) is 0. The molecule has 4 N–H and O–H groups in total. The third-order valence-corrected chi connectivity index (χ3v) is 2.20. The molecule has 0 aliphatic carbocycles. The molecular formula is C12H12ClNO2. The average molecular weight is 238 g/mol. The number of nitrogen functional groups attached to an aromatic ring is 1. The molecule has 0 aromatic heterocycles. The zero-order chi connectivity index (χ0) is 10.8. The molecule has 84 valence electrons. The van der Waals surface area contributed by atoms with E-state index in [4.69, 9.17) is 5.73 Å². The van der Waals surface area contributed by atoms with Gasteiger partial charge in [0.05, 0.1) is 0 Å². The number of nitrogens with two attached hydrogens (primary N) is 1. The maximum absolute atomic E-state index is 9.69. The fourth-order valence-electron chi connectivity index (χ4n) is 1.55. The number of phenols is 2. The summed E-state index contributed by atoms with van der Waals surface area (Å²) >= 11 is 0. The molecule has 0 aliphatic heterocycles. The minimum Gasteiger partial charge on any atom is -0.508 e. The van der Waals surface area contributed by atoms with Gasteiger partial charge in [-0.1, -0.05) is 30.3 Å². The zero-order valence-electron chi connectivity index (χ0n) is 8.42. The Morgan fingerprint density at radius 2 is 1.56 bits per heavy atom. The summed E-state index contributed by atoms with van der Waals surface area (Å²) in [5.74, 6) is -0.0524. The lowest BCUT2D eigenvalue weighted by atomic mass is 10.0. The fourth-order valence-corrected chi connectivity index (χ4v) is 1.55. The summed E-state index contributed by atoms with van der Waals surface area (Å²) in [5.41, 5.74) is 7.47. The van der Waals surface area contributed by atoms with Gasteiger partial charge in [0, 0.05) is 23.4 Å². The van der Waals surface area contributed by atoms with Crippen molar-refractivity contribution in [3.8, 4) is 22.6 Å². The second-order valence-corrected chi connectivity index (χ2v) is 3.30. The molecule has 0 atom stereocenters. The summed E-state index contributed by atoms with van der Waals surface area (Å²) < 4.78 is 0. The van der Waals surface area contributed by atoms with Crippen LogP contribution in [-0.4, -0.2) is 10.2 Å². The molecular weight excluding hydrogens is 226 g/mol. The summed E-state index contributed by atoms with van der Waals surface area (Å²) in [5, 5.41) is 18.9. The normalized spacial score (nSPS) is 9.50. The van der Waals surface area contributed by atoms with Crippen LogP contribution in [0.4, 0.5) is 5.69 Å². The molecule has 2 rings (SSSR count). The Hall–Kier alpha value is -1.87. The molecule has 0 heterocycles. The van der Waals surface area contributed by atoms with Gasteiger partial charge in [0.1, 0.15) is 11.5 Å². The van der Waals surface area contributed by atoms with Crippen molar-refractivity contribution in [1.82, 2.24) is 0 Å². The number of phenolic OH excluding ortho intramolecular Hbond substituents is 2. The van der Waals surface area contributed by atoms with Crippen LogP contribution in [0.15, 0.2) is 42.5 Å². The van der Waals surface area contributed by atoms with Crippen molar-refractivity contribution in [1.29, 1.82) is 0 Å². The van der Waals surface area contributed by atoms with E-state index in [1.165, 1.54) is 12.1 Å². The van der Waals surface area contributed by atoms with E-state index in [9.17, 15) is 10.2 Å². The Morgan fingerprint density at radius 3 is 2.12 bits per heavy atom. The van der Waals surface area contributed by atoms with E-state index in [-0.39, 0.29) is 23.9 Å². The topological polar surface area (TPSA) is 66.5 Å². The quantitative estimate of drug-likeness (QED) is 0.668. The van der Waals surface area contributed by atoms with Crippen LogP contribution < -0.4 is 5.73 Å². The molecule has 0 fully saturated rings. The Balaban J connectivity index is 0.00000128. The van der Waals surface area contributed by atoms with Crippen molar-refractivity contribution in [2.75, 3.05) is 5.73 Å². The van der Waals surface area contributed by atoms with Gasteiger partial charge in [-0.25, -0.2) is 0 Å². The Bertz CT molecular complexity index is 463. The number of rotatable bonds is 1. The van der Waals surface area contributed by atoms with Gasteiger partial charge in [-0.3, -0.25) is 0 Å². The number of hydrogen-bond acceptors (Lipinski definition) is 3. The molecule has 2 aromatic carbocycles. The number of halogens is 1. The van der Waals surface area contributed by atoms with Gasteiger partial charge < -0.3 is 15.9 Å². The second kappa shape index (κ2) is 4.77. The van der Waals surface area contributed by atoms with Crippen molar-refractivity contribution >= 4 is 18.1 Å². The van der Waals surface area contributed by atoms with Crippen LogP contribution in [0.5, 0.6) is 11.5 Å². The summed E-state index contributed by atoms with van der Waals surface area (Å²) in [6, 6.07) is 12.0. The van der Waals surface area contributed by atoms with E-state index < -0.39 is 0 Å². The highest BCUT2D eigenvalue weighted by Crippen LogP contribution is 2.37. The summed E-state index contributed by atoms with van der Waals surface area (Å²) in [4.78, 5) is 0. The minimum atomic E-state index is -0.0373. The molecule has 0 saturated heterocycles. The van der Waals surface area contributed by atoms with Crippen molar-refractivity contribution in [2.45, 2.75) is 0 Å². The highest BCUT2D eigenvalue weighted by molar-refractivity contribution is 5.85. The van der Waals surface area contributed by atoms with E-state index in [0.717, 1.165) is 5.56 Å². The van der Waals surface area contributed by atoms with Crippen LogP contribution in [0, 0.1) is 0 Å². The largest absolute Gasteiger partial charge is 0.508 e. The molecule has 0 aliphatic rings. The van der Waals surface area contributed by atoms with E-state index in [2.05, 4.69) is 0 Å². The molecule has 3 nitrogen and oxygen atoms in total. The highest BCUT2D eigenvalue weighted by Gasteiger charge is 2.09. The maximum atomic E-state index is 9.69. The van der Waals surface area contributed by atoms with E-state index in [0.29, 0.717) is 11.3 Å². The van der Waals surface area contributed by atoms with Crippen molar-refractivity contribution in [2.24, 2.45) is 0 Å². The number of aromatic hydroxyl groups is 2. The van der Waals surface area contributed by atoms with Crippen LogP contribution in [0.3, 0.4) is 0 Å². The van der Waals surface area contributed by atoms with Gasteiger partial charge in [0.25, 0.3) is 0 Å². The van der Waals surface area contributed by atoms with Crippen LogP contribution >= 0.6 is 12.4 Å². The smallest absolute Gasteiger partial charge is 0.129 e. The monoisotopic (exact) mass is 237 g/mol. The summed E-state index contributed by atoms with van der Waals surface area (Å²) in [7, 11) is 0. The lowest BCUT2D eigenvalue weighted by Gasteiger charge is -2.08. The predicted molar refractivity (Wildman–Crippen MR) is 66.9 cm³/mol. The molecule has 16 heavy (non-hydrogen) atoms. The third kappa shape index (κ3) is 2.20. The van der Waals surface area contributed by atoms with Crippen LogP contribution in [0.25, 0.3) is 11.1 Å². The molecule has 2 aromatic rings. The van der Waals surface area contributed by atoms with E-state index in [1.807, 2.05) is 30.3 Å². The number of anilines is 1. The first kappa shape index (κ1) is 12.2. The van der Waals surface area contributed by atoms with Crippen molar-refractivity contribution in [3.05, 3.63) is 42.5 Å². The van der Waals surface area contributed by atoms with Crippen molar-refractivity contribution in [3.63, 3.8) is 0 Å². The molecule has 0 spiro atoms. The van der Waals surface area contributed by atoms with Gasteiger partial charge in [-0.15, -0.1) is 12.4 Å². The maximum Gasteiger partial charge on any atom is 0.129 e. The van der Waals surface area contributed by atoms with Gasteiger partial charge in [0.15, 0.2) is 0 Å². The van der Waals surface area contributed by atoms with Gasteiger partial charge in [0.2, 0.25) is 0 Å². The van der Waals surface area contributed by atoms with E-state index >= 15 is 0 Å². The van der Waals surface area contributed by atoms with Crippen LogP contribution in [0.2, 0.25) is 0 Å². The molecule has 0 amide bonds. The van der Waals surface area contributed by atoms with Crippen molar-refractivity contribution < 1.29 is 10.2 Å². The van der Waals surface area contributed by atoms with Crippen LogP contribution in [0.1, 0.15) is 0 Å². The second-order valence-electron chi connectivity index (χ2n) is 3.30.